The summed E-state index contributed by atoms with van der Waals surface area (Å²) in [5.74, 6) is -1.60. The van der Waals surface area contributed by atoms with Gasteiger partial charge < -0.3 is 14.7 Å². The molecule has 0 bridgehead atoms. The van der Waals surface area contributed by atoms with E-state index in [0.717, 1.165) is 16.8 Å². The molecule has 2 rings (SSSR count). The Balaban J connectivity index is 2.08. The van der Waals surface area contributed by atoms with E-state index in [9.17, 15) is 19.2 Å². The topological polar surface area (TPSA) is 122 Å². The minimum Gasteiger partial charge on any atom is -0.479 e. The van der Waals surface area contributed by atoms with Crippen molar-refractivity contribution in [1.82, 2.24) is 14.7 Å². The maximum Gasteiger partial charge on any atom is 0.334 e. The van der Waals surface area contributed by atoms with Gasteiger partial charge >= 0.3 is 5.97 Å². The lowest BCUT2D eigenvalue weighted by molar-refractivity contribution is -0.159. The van der Waals surface area contributed by atoms with Crippen molar-refractivity contribution in [3.8, 4) is 0 Å². The Morgan fingerprint density at radius 3 is 2.85 bits per heavy atom. The van der Waals surface area contributed by atoms with Gasteiger partial charge in [-0.1, -0.05) is 0 Å². The van der Waals surface area contributed by atoms with Crippen LogP contribution in [0.3, 0.4) is 0 Å². The molecule has 0 aliphatic carbocycles. The first-order chi connectivity index (χ1) is 9.47. The van der Waals surface area contributed by atoms with Crippen molar-refractivity contribution in [2.75, 3.05) is 19.7 Å². The molecule has 1 aliphatic rings. The number of carbonyl (C=O) groups is 2. The van der Waals surface area contributed by atoms with Gasteiger partial charge in [-0.25, -0.2) is 9.48 Å². The molecule has 9 nitrogen and oxygen atoms in total. The fourth-order valence-electron chi connectivity index (χ4n) is 1.84. The maximum atomic E-state index is 12.0. The molecule has 1 fully saturated rings. The van der Waals surface area contributed by atoms with E-state index in [4.69, 9.17) is 9.84 Å². The van der Waals surface area contributed by atoms with Crippen LogP contribution in [0.1, 0.15) is 0 Å². The van der Waals surface area contributed by atoms with E-state index in [1.54, 1.807) is 0 Å². The first-order valence-electron chi connectivity index (χ1n) is 5.90. The summed E-state index contributed by atoms with van der Waals surface area (Å²) in [5, 5.41) is 11.1. The average Bonchev–Trinajstić information content (AvgIpc) is 2.43. The quantitative estimate of drug-likeness (QED) is 0.652. The van der Waals surface area contributed by atoms with Crippen molar-refractivity contribution >= 4 is 11.9 Å². The fraction of sp³-hybridized carbons (Fsp3) is 0.455. The lowest BCUT2D eigenvalue weighted by atomic mass is 10.2. The highest BCUT2D eigenvalue weighted by Gasteiger charge is 2.29. The van der Waals surface area contributed by atoms with Crippen molar-refractivity contribution in [3.05, 3.63) is 32.8 Å². The maximum absolute atomic E-state index is 12.0. The third-order valence-corrected chi connectivity index (χ3v) is 2.88. The zero-order valence-corrected chi connectivity index (χ0v) is 10.4. The molecule has 2 heterocycles. The standard InChI is InChI=1S/C11H13N3O6/c15-8-1-2-9(16)14(12-8)6-10(17)13-3-4-20-7(5-13)11(18)19/h1-2,7H,3-6H2,(H,12,15)(H,18,19). The number of carbonyl (C=O) groups excluding carboxylic acids is 1. The number of nitrogens with one attached hydrogen (secondary N) is 1. The molecule has 108 valence electrons. The van der Waals surface area contributed by atoms with Gasteiger partial charge in [-0.3, -0.25) is 19.5 Å². The number of amides is 1. The Bertz CT molecular complexity index is 634. The number of nitrogens with zero attached hydrogens (tertiary/aromatic N) is 2. The predicted molar refractivity (Wildman–Crippen MR) is 65.3 cm³/mol. The Morgan fingerprint density at radius 2 is 2.15 bits per heavy atom. The van der Waals surface area contributed by atoms with Crippen molar-refractivity contribution in [2.24, 2.45) is 0 Å². The number of hydrogen-bond acceptors (Lipinski definition) is 5. The van der Waals surface area contributed by atoms with Crippen molar-refractivity contribution in [3.63, 3.8) is 0 Å². The lowest BCUT2D eigenvalue weighted by Gasteiger charge is -2.30. The number of aromatic amines is 1. The Labute approximate surface area is 112 Å². The normalized spacial score (nSPS) is 18.8. The molecule has 0 saturated carbocycles. The van der Waals surface area contributed by atoms with Gasteiger partial charge in [0.1, 0.15) is 6.54 Å². The number of aliphatic carboxylic acids is 1. The number of ether oxygens (including phenoxy) is 1. The number of carboxylic acids is 1. The van der Waals surface area contributed by atoms with Gasteiger partial charge in [0.05, 0.1) is 13.2 Å². The van der Waals surface area contributed by atoms with Crippen LogP contribution in [0.15, 0.2) is 21.7 Å². The minimum atomic E-state index is -1.15. The molecule has 0 aromatic carbocycles. The highest BCUT2D eigenvalue weighted by Crippen LogP contribution is 2.06. The van der Waals surface area contributed by atoms with Gasteiger partial charge in [-0.15, -0.1) is 0 Å². The van der Waals surface area contributed by atoms with Crippen LogP contribution in [0.25, 0.3) is 0 Å². The second-order valence-electron chi connectivity index (χ2n) is 4.27. The van der Waals surface area contributed by atoms with Gasteiger partial charge in [0.25, 0.3) is 11.1 Å². The van der Waals surface area contributed by atoms with E-state index in [1.807, 2.05) is 0 Å². The van der Waals surface area contributed by atoms with Gasteiger partial charge in [-0.2, -0.15) is 0 Å². The van der Waals surface area contributed by atoms with E-state index in [-0.39, 0.29) is 26.2 Å². The Hall–Kier alpha value is -2.42. The third-order valence-electron chi connectivity index (χ3n) is 2.88. The van der Waals surface area contributed by atoms with Crippen LogP contribution < -0.4 is 11.1 Å². The summed E-state index contributed by atoms with van der Waals surface area (Å²) < 4.78 is 5.88. The first-order valence-corrected chi connectivity index (χ1v) is 5.90. The number of morpholine rings is 1. The van der Waals surface area contributed by atoms with Crippen molar-refractivity contribution in [2.45, 2.75) is 12.6 Å². The third kappa shape index (κ3) is 3.12. The smallest absolute Gasteiger partial charge is 0.334 e. The predicted octanol–water partition coefficient (Wildman–Crippen LogP) is -2.15. The minimum absolute atomic E-state index is 0.0834. The molecular weight excluding hydrogens is 270 g/mol. The highest BCUT2D eigenvalue weighted by molar-refractivity contribution is 5.78. The molecular formula is C11H13N3O6. The molecule has 1 saturated heterocycles. The molecule has 1 aromatic heterocycles. The molecule has 0 spiro atoms. The largest absolute Gasteiger partial charge is 0.479 e. The van der Waals surface area contributed by atoms with Crippen LogP contribution in [-0.4, -0.2) is 57.5 Å². The highest BCUT2D eigenvalue weighted by atomic mass is 16.5. The first kappa shape index (κ1) is 14.0. The van der Waals surface area contributed by atoms with E-state index >= 15 is 0 Å². The summed E-state index contributed by atoms with van der Waals surface area (Å²) in [6.07, 6.45) is -1.07. The number of carboxylic acid groups (broad SMARTS) is 1. The molecule has 1 amide bonds. The molecule has 2 N–H and O–H groups in total. The van der Waals surface area contributed by atoms with Gasteiger partial charge in [0.2, 0.25) is 5.91 Å². The SMILES string of the molecule is O=C(O)C1CN(C(=O)Cn2[nH]c(=O)ccc2=O)CCO1. The van der Waals surface area contributed by atoms with Crippen LogP contribution in [0.4, 0.5) is 0 Å². The molecule has 1 aliphatic heterocycles. The summed E-state index contributed by atoms with van der Waals surface area (Å²) in [6, 6.07) is 2.13. The molecule has 0 radical (unpaired) electrons. The van der Waals surface area contributed by atoms with Crippen LogP contribution in [-0.2, 0) is 20.9 Å². The van der Waals surface area contributed by atoms with E-state index in [2.05, 4.69) is 5.10 Å². The zero-order chi connectivity index (χ0) is 14.7. The fourth-order valence-corrected chi connectivity index (χ4v) is 1.84. The lowest BCUT2D eigenvalue weighted by Crippen LogP contribution is -2.50. The second kappa shape index (κ2) is 5.70. The summed E-state index contributed by atoms with van der Waals surface area (Å²) >= 11 is 0. The van der Waals surface area contributed by atoms with Gasteiger partial charge in [0.15, 0.2) is 6.10 Å². The van der Waals surface area contributed by atoms with Crippen LogP contribution >= 0.6 is 0 Å². The molecule has 9 heteroatoms. The molecule has 1 atom stereocenters. The Morgan fingerprint density at radius 1 is 1.40 bits per heavy atom. The zero-order valence-electron chi connectivity index (χ0n) is 10.4. The van der Waals surface area contributed by atoms with E-state index in [1.165, 1.54) is 4.90 Å². The molecule has 20 heavy (non-hydrogen) atoms. The molecule has 1 unspecified atom stereocenters. The molecule has 1 aromatic rings. The second-order valence-corrected chi connectivity index (χ2v) is 4.27. The van der Waals surface area contributed by atoms with Crippen molar-refractivity contribution < 1.29 is 19.4 Å². The van der Waals surface area contributed by atoms with Crippen LogP contribution in [0, 0.1) is 0 Å². The van der Waals surface area contributed by atoms with Crippen LogP contribution in [0.2, 0.25) is 0 Å². The Kier molecular flexibility index (Phi) is 3.99. The van der Waals surface area contributed by atoms with Gasteiger partial charge in [-0.05, 0) is 0 Å². The summed E-state index contributed by atoms with van der Waals surface area (Å²) in [5.41, 5.74) is -1.01. The summed E-state index contributed by atoms with van der Waals surface area (Å²) in [4.78, 5) is 46.7. The van der Waals surface area contributed by atoms with E-state index < -0.39 is 29.1 Å². The number of rotatable bonds is 3. The summed E-state index contributed by atoms with van der Waals surface area (Å²) in [7, 11) is 0. The van der Waals surface area contributed by atoms with Crippen molar-refractivity contribution in [1.29, 1.82) is 0 Å². The van der Waals surface area contributed by atoms with E-state index in [0.29, 0.717) is 0 Å². The van der Waals surface area contributed by atoms with Crippen LogP contribution in [0.5, 0.6) is 0 Å². The monoisotopic (exact) mass is 283 g/mol. The number of H-pyrrole nitrogens is 1. The number of aromatic nitrogens is 2. The summed E-state index contributed by atoms with van der Waals surface area (Å²) in [6.45, 7) is -0.0709. The number of hydrogen-bond donors (Lipinski definition) is 2. The van der Waals surface area contributed by atoms with Gasteiger partial charge in [0, 0.05) is 18.7 Å². The average molecular weight is 283 g/mol.